The Balaban J connectivity index is 2.34. The molecule has 1 atom stereocenters. The molecular weight excluding hydrogens is 200 g/mol. The van der Waals surface area contributed by atoms with Gasteiger partial charge in [-0.05, 0) is 26.0 Å². The second kappa shape index (κ2) is 5.83. The number of halogens is 1. The lowest BCUT2D eigenvalue weighted by atomic mass is 10.4. The monoisotopic (exact) mass is 214 g/mol. The molecule has 1 rings (SSSR count). The van der Waals surface area contributed by atoms with Crippen molar-refractivity contribution >= 4 is 17.4 Å². The molecule has 0 bridgehead atoms. The van der Waals surface area contributed by atoms with E-state index in [1.165, 1.54) is 0 Å². The molecule has 78 valence electrons. The lowest BCUT2D eigenvalue weighted by Gasteiger charge is -2.12. The van der Waals surface area contributed by atoms with Crippen LogP contribution in [0.25, 0.3) is 0 Å². The zero-order chi connectivity index (χ0) is 10.4. The minimum Gasteiger partial charge on any atom is -0.377 e. The van der Waals surface area contributed by atoms with E-state index in [9.17, 15) is 0 Å². The van der Waals surface area contributed by atoms with Crippen molar-refractivity contribution in [2.24, 2.45) is 0 Å². The molecule has 1 N–H and O–H groups in total. The maximum atomic E-state index is 5.71. The molecule has 1 aromatic heterocycles. The molecule has 14 heavy (non-hydrogen) atoms. The topological polar surface area (TPSA) is 34.1 Å². The third-order valence-electron chi connectivity index (χ3n) is 1.75. The third kappa shape index (κ3) is 3.94. The minimum absolute atomic E-state index is 0.192. The Morgan fingerprint density at radius 1 is 1.57 bits per heavy atom. The summed E-state index contributed by atoms with van der Waals surface area (Å²) in [5.41, 5.74) is 0. The van der Waals surface area contributed by atoms with E-state index in [2.05, 4.69) is 10.3 Å². The molecule has 1 aromatic rings. The fourth-order valence-electron chi connectivity index (χ4n) is 1.07. The smallest absolute Gasteiger partial charge is 0.126 e. The minimum atomic E-state index is 0.192. The average molecular weight is 215 g/mol. The highest BCUT2D eigenvalue weighted by Crippen LogP contribution is 2.09. The number of hydrogen-bond donors (Lipinski definition) is 1. The van der Waals surface area contributed by atoms with Crippen molar-refractivity contribution in [1.82, 2.24) is 4.98 Å². The average Bonchev–Trinajstić information content (AvgIpc) is 2.17. The number of nitrogens with zero attached hydrogens (tertiary/aromatic N) is 1. The first-order chi connectivity index (χ1) is 6.72. The summed E-state index contributed by atoms with van der Waals surface area (Å²) < 4.78 is 5.37. The summed E-state index contributed by atoms with van der Waals surface area (Å²) in [5.74, 6) is 0.820. The zero-order valence-corrected chi connectivity index (χ0v) is 9.21. The SMILES string of the molecule is CCOC(C)CNc1ccc(Cl)cn1. The van der Waals surface area contributed by atoms with E-state index in [1.54, 1.807) is 6.20 Å². The van der Waals surface area contributed by atoms with Gasteiger partial charge in [0.2, 0.25) is 0 Å². The second-order valence-electron chi connectivity index (χ2n) is 3.01. The summed E-state index contributed by atoms with van der Waals surface area (Å²) in [6.07, 6.45) is 1.81. The van der Waals surface area contributed by atoms with Crippen LogP contribution in [0.15, 0.2) is 18.3 Å². The van der Waals surface area contributed by atoms with Crippen LogP contribution < -0.4 is 5.32 Å². The van der Waals surface area contributed by atoms with E-state index in [-0.39, 0.29) is 6.10 Å². The molecule has 0 fully saturated rings. The highest BCUT2D eigenvalue weighted by Gasteiger charge is 2.00. The van der Waals surface area contributed by atoms with E-state index >= 15 is 0 Å². The predicted octanol–water partition coefficient (Wildman–Crippen LogP) is 2.57. The molecule has 0 aliphatic heterocycles. The van der Waals surface area contributed by atoms with Crippen molar-refractivity contribution < 1.29 is 4.74 Å². The van der Waals surface area contributed by atoms with Gasteiger partial charge in [-0.25, -0.2) is 4.98 Å². The van der Waals surface area contributed by atoms with Gasteiger partial charge >= 0.3 is 0 Å². The molecule has 3 nitrogen and oxygen atoms in total. The van der Waals surface area contributed by atoms with E-state index in [4.69, 9.17) is 16.3 Å². The standard InChI is InChI=1S/C10H15ClN2O/c1-3-14-8(2)6-12-10-5-4-9(11)7-13-10/h4-5,7-8H,3,6H2,1-2H3,(H,12,13). The molecule has 0 aromatic carbocycles. The van der Waals surface area contributed by atoms with Gasteiger partial charge in [-0.3, -0.25) is 0 Å². The van der Waals surface area contributed by atoms with Crippen molar-refractivity contribution in [2.45, 2.75) is 20.0 Å². The number of pyridine rings is 1. The van der Waals surface area contributed by atoms with Gasteiger partial charge in [0, 0.05) is 19.3 Å². The number of anilines is 1. The van der Waals surface area contributed by atoms with Crippen LogP contribution in [-0.4, -0.2) is 24.2 Å². The molecule has 0 aliphatic carbocycles. The Labute approximate surface area is 89.4 Å². The Morgan fingerprint density at radius 2 is 2.36 bits per heavy atom. The first-order valence-electron chi connectivity index (χ1n) is 4.69. The number of nitrogens with one attached hydrogen (secondary N) is 1. The second-order valence-corrected chi connectivity index (χ2v) is 3.44. The van der Waals surface area contributed by atoms with Gasteiger partial charge < -0.3 is 10.1 Å². The van der Waals surface area contributed by atoms with Crippen LogP contribution in [0, 0.1) is 0 Å². The quantitative estimate of drug-likeness (QED) is 0.818. The summed E-state index contributed by atoms with van der Waals surface area (Å²) in [7, 11) is 0. The highest BCUT2D eigenvalue weighted by atomic mass is 35.5. The normalized spacial score (nSPS) is 12.5. The molecule has 0 saturated heterocycles. The van der Waals surface area contributed by atoms with Crippen molar-refractivity contribution in [3.63, 3.8) is 0 Å². The Hall–Kier alpha value is -0.800. The number of aromatic nitrogens is 1. The maximum absolute atomic E-state index is 5.71. The maximum Gasteiger partial charge on any atom is 0.126 e. The third-order valence-corrected chi connectivity index (χ3v) is 1.97. The van der Waals surface area contributed by atoms with Crippen LogP contribution in [0.4, 0.5) is 5.82 Å². The molecule has 0 amide bonds. The fraction of sp³-hybridized carbons (Fsp3) is 0.500. The van der Waals surface area contributed by atoms with Gasteiger partial charge in [0.25, 0.3) is 0 Å². The van der Waals surface area contributed by atoms with Gasteiger partial charge in [-0.1, -0.05) is 11.6 Å². The van der Waals surface area contributed by atoms with Crippen LogP contribution in [0.3, 0.4) is 0 Å². The summed E-state index contributed by atoms with van der Waals surface area (Å²) in [6, 6.07) is 3.66. The van der Waals surface area contributed by atoms with Crippen molar-refractivity contribution in [2.75, 3.05) is 18.5 Å². The molecule has 0 spiro atoms. The van der Waals surface area contributed by atoms with Gasteiger partial charge in [-0.15, -0.1) is 0 Å². The highest BCUT2D eigenvalue weighted by molar-refractivity contribution is 6.30. The molecule has 0 radical (unpaired) electrons. The number of hydrogen-bond acceptors (Lipinski definition) is 3. The van der Waals surface area contributed by atoms with Gasteiger partial charge in [0.1, 0.15) is 5.82 Å². The lowest BCUT2D eigenvalue weighted by Crippen LogP contribution is -2.20. The predicted molar refractivity (Wildman–Crippen MR) is 58.8 cm³/mol. The molecule has 1 heterocycles. The van der Waals surface area contributed by atoms with Gasteiger partial charge in [0.15, 0.2) is 0 Å². The van der Waals surface area contributed by atoms with Crippen LogP contribution in [-0.2, 0) is 4.74 Å². The Kier molecular flexibility index (Phi) is 4.70. The molecule has 1 unspecified atom stereocenters. The number of rotatable bonds is 5. The lowest BCUT2D eigenvalue weighted by molar-refractivity contribution is 0.0855. The Bertz CT molecular complexity index is 263. The van der Waals surface area contributed by atoms with Crippen LogP contribution in [0.2, 0.25) is 5.02 Å². The van der Waals surface area contributed by atoms with E-state index in [0.29, 0.717) is 5.02 Å². The summed E-state index contributed by atoms with van der Waals surface area (Å²) >= 11 is 5.71. The molecule has 4 heteroatoms. The molecule has 0 saturated carbocycles. The summed E-state index contributed by atoms with van der Waals surface area (Å²) in [4.78, 5) is 4.11. The van der Waals surface area contributed by atoms with Crippen LogP contribution in [0.1, 0.15) is 13.8 Å². The largest absolute Gasteiger partial charge is 0.377 e. The first kappa shape index (κ1) is 11.3. The van der Waals surface area contributed by atoms with Crippen molar-refractivity contribution in [1.29, 1.82) is 0 Å². The molecule has 0 aliphatic rings. The summed E-state index contributed by atoms with van der Waals surface area (Å²) in [6.45, 7) is 5.49. The van der Waals surface area contributed by atoms with Crippen molar-refractivity contribution in [3.8, 4) is 0 Å². The summed E-state index contributed by atoms with van der Waals surface area (Å²) in [5, 5.41) is 3.81. The van der Waals surface area contributed by atoms with E-state index in [1.807, 2.05) is 26.0 Å². The van der Waals surface area contributed by atoms with E-state index < -0.39 is 0 Å². The van der Waals surface area contributed by atoms with Gasteiger partial charge in [-0.2, -0.15) is 0 Å². The first-order valence-corrected chi connectivity index (χ1v) is 5.07. The number of ether oxygens (including phenoxy) is 1. The molecular formula is C10H15ClN2O. The van der Waals surface area contributed by atoms with Crippen molar-refractivity contribution in [3.05, 3.63) is 23.4 Å². The fourth-order valence-corrected chi connectivity index (χ4v) is 1.18. The van der Waals surface area contributed by atoms with Crippen LogP contribution >= 0.6 is 11.6 Å². The zero-order valence-electron chi connectivity index (χ0n) is 8.46. The Morgan fingerprint density at radius 3 is 2.93 bits per heavy atom. The van der Waals surface area contributed by atoms with Crippen LogP contribution in [0.5, 0.6) is 0 Å². The van der Waals surface area contributed by atoms with Gasteiger partial charge in [0.05, 0.1) is 11.1 Å². The van der Waals surface area contributed by atoms with E-state index in [0.717, 1.165) is 19.0 Å².